The van der Waals surface area contributed by atoms with E-state index in [1.165, 1.54) is 0 Å². The van der Waals surface area contributed by atoms with Gasteiger partial charge in [0.2, 0.25) is 0 Å². The first kappa shape index (κ1) is 15.4. The first-order valence-electron chi connectivity index (χ1n) is 8.40. The molecule has 2 aliphatic heterocycles. The van der Waals surface area contributed by atoms with Gasteiger partial charge in [-0.05, 0) is 19.1 Å². The molecule has 0 unspecified atom stereocenters. The zero-order valence-electron chi connectivity index (χ0n) is 13.9. The van der Waals surface area contributed by atoms with E-state index >= 15 is 0 Å². The Balaban J connectivity index is 1.46. The predicted octanol–water partition coefficient (Wildman–Crippen LogP) is 1.27. The van der Waals surface area contributed by atoms with Crippen LogP contribution in [0.15, 0.2) is 22.7 Å². The molecular weight excluding hydrogens is 308 g/mol. The van der Waals surface area contributed by atoms with Crippen molar-refractivity contribution in [1.82, 2.24) is 19.4 Å². The third-order valence-corrected chi connectivity index (χ3v) is 4.64. The van der Waals surface area contributed by atoms with Gasteiger partial charge in [0, 0.05) is 26.2 Å². The minimum absolute atomic E-state index is 0.0622. The summed E-state index contributed by atoms with van der Waals surface area (Å²) in [5.41, 5.74) is 0.695. The molecule has 1 saturated heterocycles. The van der Waals surface area contributed by atoms with E-state index in [2.05, 4.69) is 14.5 Å². The maximum Gasteiger partial charge on any atom is 0.272 e. The number of aryl methyl sites for hydroxylation is 1. The first-order chi connectivity index (χ1) is 11.7. The summed E-state index contributed by atoms with van der Waals surface area (Å²) < 4.78 is 13.0. The Kier molecular flexibility index (Phi) is 4.12. The third-order valence-electron chi connectivity index (χ3n) is 4.64. The number of ether oxygens (including phenoxy) is 1. The third kappa shape index (κ3) is 2.97. The van der Waals surface area contributed by atoms with Gasteiger partial charge in [0.1, 0.15) is 23.0 Å². The standard InChI is InChI=1S/C17H22N4O3/c1-13-2-3-14(24-13)11-19-4-5-21-15(10-18-16(21)12-19)17(22)20-6-8-23-9-7-20/h2-3,10H,4-9,11-12H2,1H3. The van der Waals surface area contributed by atoms with Crippen LogP contribution in [0.5, 0.6) is 0 Å². The van der Waals surface area contributed by atoms with Crippen molar-refractivity contribution < 1.29 is 13.9 Å². The molecule has 0 saturated carbocycles. The van der Waals surface area contributed by atoms with E-state index < -0.39 is 0 Å². The van der Waals surface area contributed by atoms with Crippen LogP contribution in [0.3, 0.4) is 0 Å². The van der Waals surface area contributed by atoms with Gasteiger partial charge >= 0.3 is 0 Å². The van der Waals surface area contributed by atoms with Crippen molar-refractivity contribution in [2.75, 3.05) is 32.8 Å². The lowest BCUT2D eigenvalue weighted by molar-refractivity contribution is 0.0293. The highest BCUT2D eigenvalue weighted by atomic mass is 16.5. The Bertz CT molecular complexity index is 730. The fraction of sp³-hybridized carbons (Fsp3) is 0.529. The van der Waals surface area contributed by atoms with E-state index in [-0.39, 0.29) is 5.91 Å². The van der Waals surface area contributed by atoms with Gasteiger partial charge in [-0.25, -0.2) is 4.98 Å². The van der Waals surface area contributed by atoms with Crippen LogP contribution in [0, 0.1) is 6.92 Å². The highest BCUT2D eigenvalue weighted by Crippen LogP contribution is 2.19. The van der Waals surface area contributed by atoms with Crippen molar-refractivity contribution >= 4 is 5.91 Å². The maximum absolute atomic E-state index is 12.7. The molecule has 0 aromatic carbocycles. The Hall–Kier alpha value is -2.12. The molecule has 128 valence electrons. The largest absolute Gasteiger partial charge is 0.465 e. The van der Waals surface area contributed by atoms with Crippen molar-refractivity contribution in [2.45, 2.75) is 26.6 Å². The minimum atomic E-state index is 0.0622. The number of carbonyl (C=O) groups is 1. The summed E-state index contributed by atoms with van der Waals surface area (Å²) in [6, 6.07) is 4.00. The Morgan fingerprint density at radius 2 is 2.04 bits per heavy atom. The Labute approximate surface area is 140 Å². The Morgan fingerprint density at radius 1 is 1.21 bits per heavy atom. The van der Waals surface area contributed by atoms with Crippen molar-refractivity contribution in [1.29, 1.82) is 0 Å². The summed E-state index contributed by atoms with van der Waals surface area (Å²) in [6.07, 6.45) is 1.72. The number of fused-ring (bicyclic) bond motifs is 1. The van der Waals surface area contributed by atoms with Crippen LogP contribution in [-0.4, -0.2) is 58.1 Å². The summed E-state index contributed by atoms with van der Waals surface area (Å²) in [6.45, 7) is 7.66. The highest BCUT2D eigenvalue weighted by Gasteiger charge is 2.26. The molecule has 0 aliphatic carbocycles. The molecular formula is C17H22N4O3. The van der Waals surface area contributed by atoms with Gasteiger partial charge in [0.05, 0.1) is 32.5 Å². The summed E-state index contributed by atoms with van der Waals surface area (Å²) >= 11 is 0. The molecule has 24 heavy (non-hydrogen) atoms. The van der Waals surface area contributed by atoms with Gasteiger partial charge in [0.25, 0.3) is 5.91 Å². The SMILES string of the molecule is Cc1ccc(CN2CCn3c(C(=O)N4CCOCC4)cnc3C2)o1. The monoisotopic (exact) mass is 330 g/mol. The normalized spacial score (nSPS) is 18.6. The number of aromatic nitrogens is 2. The van der Waals surface area contributed by atoms with Gasteiger partial charge in [-0.1, -0.05) is 0 Å². The lowest BCUT2D eigenvalue weighted by Crippen LogP contribution is -2.42. The second kappa shape index (κ2) is 6.41. The van der Waals surface area contributed by atoms with E-state index in [0.717, 1.165) is 43.5 Å². The number of hydrogen-bond acceptors (Lipinski definition) is 5. The molecule has 7 nitrogen and oxygen atoms in total. The van der Waals surface area contributed by atoms with Crippen molar-refractivity contribution in [3.63, 3.8) is 0 Å². The van der Waals surface area contributed by atoms with Gasteiger partial charge in [-0.3, -0.25) is 9.69 Å². The number of amides is 1. The molecule has 2 aliphatic rings. The highest BCUT2D eigenvalue weighted by molar-refractivity contribution is 5.92. The molecule has 4 rings (SSSR count). The van der Waals surface area contributed by atoms with Crippen LogP contribution >= 0.6 is 0 Å². The molecule has 7 heteroatoms. The maximum atomic E-state index is 12.7. The number of morpholine rings is 1. The van der Waals surface area contributed by atoms with E-state index in [1.807, 2.05) is 24.0 Å². The fourth-order valence-corrected chi connectivity index (χ4v) is 3.33. The summed E-state index contributed by atoms with van der Waals surface area (Å²) in [5.74, 6) is 2.91. The van der Waals surface area contributed by atoms with Crippen molar-refractivity contribution in [2.24, 2.45) is 0 Å². The predicted molar refractivity (Wildman–Crippen MR) is 86.5 cm³/mol. The average molecular weight is 330 g/mol. The summed E-state index contributed by atoms with van der Waals surface area (Å²) in [7, 11) is 0. The first-order valence-corrected chi connectivity index (χ1v) is 8.40. The second-order valence-corrected chi connectivity index (χ2v) is 6.34. The molecule has 2 aromatic heterocycles. The van der Waals surface area contributed by atoms with Gasteiger partial charge < -0.3 is 18.6 Å². The molecule has 0 N–H and O–H groups in total. The molecule has 2 aromatic rings. The van der Waals surface area contributed by atoms with E-state index in [4.69, 9.17) is 9.15 Å². The molecule has 1 fully saturated rings. The van der Waals surface area contributed by atoms with Crippen molar-refractivity contribution in [3.8, 4) is 0 Å². The van der Waals surface area contributed by atoms with Gasteiger partial charge in [-0.15, -0.1) is 0 Å². The topological polar surface area (TPSA) is 63.7 Å². The lowest BCUT2D eigenvalue weighted by atomic mass is 10.3. The Morgan fingerprint density at radius 3 is 2.79 bits per heavy atom. The summed E-state index contributed by atoms with van der Waals surface area (Å²) in [4.78, 5) is 21.3. The number of imidazole rings is 1. The van der Waals surface area contributed by atoms with E-state index in [9.17, 15) is 4.79 Å². The van der Waals surface area contributed by atoms with Crippen LogP contribution in [-0.2, 0) is 24.4 Å². The number of rotatable bonds is 3. The zero-order chi connectivity index (χ0) is 16.5. The van der Waals surface area contributed by atoms with Crippen LogP contribution in [0.2, 0.25) is 0 Å². The number of hydrogen-bond donors (Lipinski definition) is 0. The molecule has 0 atom stereocenters. The molecule has 0 radical (unpaired) electrons. The van der Waals surface area contributed by atoms with Crippen LogP contribution in [0.25, 0.3) is 0 Å². The zero-order valence-corrected chi connectivity index (χ0v) is 13.9. The van der Waals surface area contributed by atoms with Crippen LogP contribution in [0.1, 0.15) is 27.8 Å². The fourth-order valence-electron chi connectivity index (χ4n) is 3.33. The van der Waals surface area contributed by atoms with Crippen molar-refractivity contribution in [3.05, 3.63) is 41.4 Å². The van der Waals surface area contributed by atoms with E-state index in [0.29, 0.717) is 32.0 Å². The second-order valence-electron chi connectivity index (χ2n) is 6.34. The number of furan rings is 1. The summed E-state index contributed by atoms with van der Waals surface area (Å²) in [5, 5.41) is 0. The minimum Gasteiger partial charge on any atom is -0.465 e. The van der Waals surface area contributed by atoms with Crippen LogP contribution < -0.4 is 0 Å². The molecule has 1 amide bonds. The molecule has 0 spiro atoms. The van der Waals surface area contributed by atoms with E-state index in [1.54, 1.807) is 6.20 Å². The van der Waals surface area contributed by atoms with Gasteiger partial charge in [0.15, 0.2) is 0 Å². The molecule has 0 bridgehead atoms. The number of nitrogens with zero attached hydrogens (tertiary/aromatic N) is 4. The number of carbonyl (C=O) groups excluding carboxylic acids is 1. The quantitative estimate of drug-likeness (QED) is 0.848. The lowest BCUT2D eigenvalue weighted by Gasteiger charge is -2.30. The van der Waals surface area contributed by atoms with Gasteiger partial charge in [-0.2, -0.15) is 0 Å². The van der Waals surface area contributed by atoms with Crippen LogP contribution in [0.4, 0.5) is 0 Å². The average Bonchev–Trinajstić information content (AvgIpc) is 3.21. The molecule has 4 heterocycles. The smallest absolute Gasteiger partial charge is 0.272 e.